The first-order chi connectivity index (χ1) is 15.8. The number of H-pyrrole nitrogens is 1. The quantitative estimate of drug-likeness (QED) is 0.349. The second kappa shape index (κ2) is 8.30. The van der Waals surface area contributed by atoms with Gasteiger partial charge in [-0.15, -0.1) is 0 Å². The summed E-state index contributed by atoms with van der Waals surface area (Å²) in [5, 5.41) is 14.8. The summed E-state index contributed by atoms with van der Waals surface area (Å²) in [6, 6.07) is 13.4. The molecule has 1 aliphatic heterocycles. The van der Waals surface area contributed by atoms with Crippen molar-refractivity contribution < 1.29 is 14.7 Å². The van der Waals surface area contributed by atoms with E-state index in [-0.39, 0.29) is 0 Å². The summed E-state index contributed by atoms with van der Waals surface area (Å²) in [6.45, 7) is 0.851. The Balaban J connectivity index is 1.74. The summed E-state index contributed by atoms with van der Waals surface area (Å²) >= 11 is 3.62. The average molecular weight is 507 g/mol. The van der Waals surface area contributed by atoms with Crippen LogP contribution in [0.5, 0.6) is 0 Å². The molecule has 0 bridgehead atoms. The van der Waals surface area contributed by atoms with Gasteiger partial charge in [0.05, 0.1) is 22.8 Å². The number of aliphatic hydroxyl groups excluding tert-OH is 1. The molecule has 1 aliphatic rings. The van der Waals surface area contributed by atoms with Crippen LogP contribution in [-0.4, -0.2) is 58.1 Å². The smallest absolute Gasteiger partial charge is 0.259 e. The summed E-state index contributed by atoms with van der Waals surface area (Å²) in [7, 11) is 3.82. The fraction of sp³-hybridized carbons (Fsp3) is 0.200. The molecule has 4 aromatic rings. The molecule has 2 amide bonds. The van der Waals surface area contributed by atoms with Crippen molar-refractivity contribution in [2.24, 2.45) is 0 Å². The highest BCUT2D eigenvalue weighted by atomic mass is 79.9. The standard InChI is InChI=1S/C25H23BrN4O3/c1-29(2)11-14(31)12-30-13-18(16-7-5-8-19(26)23(16)30)22-21(24(32)28-25(22)33)17-10-27-20-9-4-3-6-15(17)20/h3-10,13-14,27,31H,11-12H2,1-2H3,(H,28,32,33). The van der Waals surface area contributed by atoms with Crippen LogP contribution in [-0.2, 0) is 16.1 Å². The number of rotatable bonds is 6. The zero-order valence-electron chi connectivity index (χ0n) is 18.2. The fourth-order valence-electron chi connectivity index (χ4n) is 4.61. The lowest BCUT2D eigenvalue weighted by Crippen LogP contribution is -2.29. The van der Waals surface area contributed by atoms with Crippen molar-refractivity contribution in [1.29, 1.82) is 0 Å². The maximum atomic E-state index is 13.1. The molecule has 1 unspecified atom stereocenters. The van der Waals surface area contributed by atoms with Gasteiger partial charge in [-0.2, -0.15) is 0 Å². The van der Waals surface area contributed by atoms with Gasteiger partial charge in [0, 0.05) is 57.4 Å². The molecule has 0 saturated carbocycles. The number of imide groups is 1. The average Bonchev–Trinajstić information content (AvgIpc) is 3.41. The molecule has 5 rings (SSSR count). The van der Waals surface area contributed by atoms with Gasteiger partial charge >= 0.3 is 0 Å². The Morgan fingerprint density at radius 1 is 1.00 bits per heavy atom. The fourth-order valence-corrected chi connectivity index (χ4v) is 5.21. The van der Waals surface area contributed by atoms with E-state index in [4.69, 9.17) is 0 Å². The summed E-state index contributed by atoms with van der Waals surface area (Å²) in [5.41, 5.74) is 3.80. The number of aromatic nitrogens is 2. The molecule has 2 aromatic carbocycles. The van der Waals surface area contributed by atoms with Crippen molar-refractivity contribution in [1.82, 2.24) is 19.8 Å². The van der Waals surface area contributed by atoms with Crippen LogP contribution in [0.15, 0.2) is 59.3 Å². The Labute approximate surface area is 198 Å². The Morgan fingerprint density at radius 2 is 1.70 bits per heavy atom. The van der Waals surface area contributed by atoms with E-state index in [9.17, 15) is 14.7 Å². The number of hydrogen-bond donors (Lipinski definition) is 3. The van der Waals surface area contributed by atoms with Crippen LogP contribution in [0, 0.1) is 0 Å². The van der Waals surface area contributed by atoms with E-state index in [1.54, 1.807) is 6.20 Å². The first-order valence-corrected chi connectivity index (χ1v) is 11.4. The van der Waals surface area contributed by atoms with Crippen LogP contribution in [0.1, 0.15) is 11.1 Å². The van der Waals surface area contributed by atoms with Gasteiger partial charge < -0.3 is 19.6 Å². The van der Waals surface area contributed by atoms with Gasteiger partial charge in [-0.25, -0.2) is 0 Å². The number of nitrogens with one attached hydrogen (secondary N) is 2. The molecular formula is C25H23BrN4O3. The largest absolute Gasteiger partial charge is 0.390 e. The molecule has 3 heterocycles. The van der Waals surface area contributed by atoms with E-state index in [2.05, 4.69) is 26.2 Å². The minimum absolute atomic E-state index is 0.341. The SMILES string of the molecule is CN(C)CC(O)Cn1cc(C2=C(c3c[nH]c4ccccc34)C(=O)NC2=O)c2cccc(Br)c21. The number of carbonyl (C=O) groups excluding carboxylic acids is 2. The summed E-state index contributed by atoms with van der Waals surface area (Å²) in [6.07, 6.45) is 3.03. The molecule has 1 atom stereocenters. The number of aromatic amines is 1. The van der Waals surface area contributed by atoms with Crippen molar-refractivity contribution in [3.8, 4) is 0 Å². The second-order valence-corrected chi connectivity index (χ2v) is 9.38. The van der Waals surface area contributed by atoms with Gasteiger partial charge in [-0.1, -0.05) is 30.3 Å². The van der Waals surface area contributed by atoms with E-state index < -0.39 is 17.9 Å². The highest BCUT2D eigenvalue weighted by Crippen LogP contribution is 2.39. The number of benzene rings is 2. The molecule has 0 saturated heterocycles. The highest BCUT2D eigenvalue weighted by Gasteiger charge is 2.35. The van der Waals surface area contributed by atoms with Crippen LogP contribution >= 0.6 is 15.9 Å². The summed E-state index contributed by atoms with van der Waals surface area (Å²) in [4.78, 5) is 31.1. The molecule has 0 aliphatic carbocycles. The maximum Gasteiger partial charge on any atom is 0.259 e. The number of para-hydroxylation sites is 2. The third kappa shape index (κ3) is 3.70. The molecule has 0 spiro atoms. The lowest BCUT2D eigenvalue weighted by atomic mass is 9.95. The molecule has 8 heteroatoms. The zero-order valence-corrected chi connectivity index (χ0v) is 19.8. The number of carbonyl (C=O) groups is 2. The summed E-state index contributed by atoms with van der Waals surface area (Å²) in [5.74, 6) is -0.837. The van der Waals surface area contributed by atoms with Crippen LogP contribution in [0.2, 0.25) is 0 Å². The lowest BCUT2D eigenvalue weighted by molar-refractivity contribution is -0.122. The molecule has 2 aromatic heterocycles. The Morgan fingerprint density at radius 3 is 2.45 bits per heavy atom. The molecule has 7 nitrogen and oxygen atoms in total. The lowest BCUT2D eigenvalue weighted by Gasteiger charge is -2.17. The molecule has 33 heavy (non-hydrogen) atoms. The second-order valence-electron chi connectivity index (χ2n) is 8.53. The normalized spacial score (nSPS) is 15.3. The van der Waals surface area contributed by atoms with Crippen molar-refractivity contribution >= 4 is 60.7 Å². The van der Waals surface area contributed by atoms with E-state index in [1.165, 1.54) is 0 Å². The van der Waals surface area contributed by atoms with Gasteiger partial charge in [0.2, 0.25) is 0 Å². The number of fused-ring (bicyclic) bond motifs is 2. The maximum absolute atomic E-state index is 13.1. The van der Waals surface area contributed by atoms with Crippen molar-refractivity contribution in [3.63, 3.8) is 0 Å². The van der Waals surface area contributed by atoms with Gasteiger partial charge in [-0.05, 0) is 42.2 Å². The van der Waals surface area contributed by atoms with E-state index in [0.29, 0.717) is 35.4 Å². The Bertz CT molecular complexity index is 1450. The summed E-state index contributed by atoms with van der Waals surface area (Å²) < 4.78 is 2.79. The van der Waals surface area contributed by atoms with Gasteiger partial charge in [-0.3, -0.25) is 14.9 Å². The van der Waals surface area contributed by atoms with Crippen LogP contribution in [0.4, 0.5) is 0 Å². The topological polar surface area (TPSA) is 90.4 Å². The van der Waals surface area contributed by atoms with E-state index in [1.807, 2.05) is 72.2 Å². The molecule has 3 N–H and O–H groups in total. The minimum atomic E-state index is -0.600. The molecular weight excluding hydrogens is 484 g/mol. The van der Waals surface area contributed by atoms with Crippen LogP contribution < -0.4 is 5.32 Å². The first-order valence-electron chi connectivity index (χ1n) is 10.6. The first kappa shape index (κ1) is 21.6. The van der Waals surface area contributed by atoms with Gasteiger partial charge in [0.25, 0.3) is 11.8 Å². The number of amides is 2. The van der Waals surface area contributed by atoms with E-state index in [0.717, 1.165) is 26.3 Å². The van der Waals surface area contributed by atoms with Crippen LogP contribution in [0.3, 0.4) is 0 Å². The molecule has 0 radical (unpaired) electrons. The number of nitrogens with zero attached hydrogens (tertiary/aromatic N) is 2. The van der Waals surface area contributed by atoms with Gasteiger partial charge in [0.15, 0.2) is 0 Å². The molecule has 0 fully saturated rings. The number of aliphatic hydroxyl groups is 1. The predicted octanol–water partition coefficient (Wildman–Crippen LogP) is 3.37. The Kier molecular flexibility index (Phi) is 5.44. The monoisotopic (exact) mass is 506 g/mol. The number of halogens is 1. The predicted molar refractivity (Wildman–Crippen MR) is 132 cm³/mol. The van der Waals surface area contributed by atoms with Crippen molar-refractivity contribution in [2.75, 3.05) is 20.6 Å². The Hall–Kier alpha value is -3.20. The zero-order chi connectivity index (χ0) is 23.3. The minimum Gasteiger partial charge on any atom is -0.390 e. The van der Waals surface area contributed by atoms with Crippen molar-refractivity contribution in [2.45, 2.75) is 12.6 Å². The van der Waals surface area contributed by atoms with Crippen LogP contribution in [0.25, 0.3) is 33.0 Å². The van der Waals surface area contributed by atoms with E-state index >= 15 is 0 Å². The highest BCUT2D eigenvalue weighted by molar-refractivity contribution is 9.10. The number of likely N-dealkylation sites (N-methyl/N-ethyl adjacent to an activating group) is 1. The third-order valence-corrected chi connectivity index (χ3v) is 6.53. The molecule has 168 valence electrons. The number of hydrogen-bond acceptors (Lipinski definition) is 4. The third-order valence-electron chi connectivity index (χ3n) is 5.89. The van der Waals surface area contributed by atoms with Gasteiger partial charge in [0.1, 0.15) is 0 Å². The van der Waals surface area contributed by atoms with Crippen molar-refractivity contribution in [3.05, 3.63) is 70.5 Å².